The zero-order chi connectivity index (χ0) is 13.7. The van der Waals surface area contributed by atoms with E-state index >= 15 is 0 Å². The molecule has 2 nitrogen and oxygen atoms in total. The lowest BCUT2D eigenvalue weighted by molar-refractivity contribution is 0.714. The Labute approximate surface area is 115 Å². The van der Waals surface area contributed by atoms with E-state index in [-0.39, 0.29) is 0 Å². The van der Waals surface area contributed by atoms with E-state index in [1.165, 1.54) is 36.0 Å². The van der Waals surface area contributed by atoms with Crippen LogP contribution in [0.3, 0.4) is 0 Å². The third kappa shape index (κ3) is 3.88. The highest BCUT2D eigenvalue weighted by atomic mass is 14.9. The molecule has 0 fully saturated rings. The molecule has 0 atom stereocenters. The molecule has 100 valence electrons. The van der Waals surface area contributed by atoms with Crippen molar-refractivity contribution in [3.8, 4) is 11.4 Å². The summed E-state index contributed by atoms with van der Waals surface area (Å²) in [6.07, 6.45) is 8.77. The lowest BCUT2D eigenvalue weighted by Gasteiger charge is -2.05. The van der Waals surface area contributed by atoms with Gasteiger partial charge in [-0.25, -0.2) is 9.97 Å². The summed E-state index contributed by atoms with van der Waals surface area (Å²) in [6, 6.07) is 6.45. The maximum absolute atomic E-state index is 4.50. The fourth-order valence-corrected chi connectivity index (χ4v) is 2.32. The van der Waals surface area contributed by atoms with Crippen molar-refractivity contribution < 1.29 is 0 Å². The highest BCUT2D eigenvalue weighted by Crippen LogP contribution is 2.18. The number of unbranched alkanes of at least 4 members (excludes halogenated alkanes) is 2. The molecule has 0 aliphatic heterocycles. The highest BCUT2D eigenvalue weighted by molar-refractivity contribution is 5.57. The summed E-state index contributed by atoms with van der Waals surface area (Å²) in [5.41, 5.74) is 4.86. The number of hydrogen-bond acceptors (Lipinski definition) is 2. The molecule has 0 radical (unpaired) electrons. The Bertz CT molecular complexity index is 509. The molecule has 1 aromatic heterocycles. The number of rotatable bonds is 5. The molecule has 0 saturated heterocycles. The maximum atomic E-state index is 4.50. The summed E-state index contributed by atoms with van der Waals surface area (Å²) < 4.78 is 0. The van der Waals surface area contributed by atoms with Crippen molar-refractivity contribution in [2.24, 2.45) is 0 Å². The van der Waals surface area contributed by atoms with Gasteiger partial charge in [0, 0.05) is 18.0 Å². The molecule has 1 aromatic carbocycles. The van der Waals surface area contributed by atoms with Crippen LogP contribution in [0.2, 0.25) is 0 Å². The van der Waals surface area contributed by atoms with Crippen LogP contribution in [0.4, 0.5) is 0 Å². The van der Waals surface area contributed by atoms with Gasteiger partial charge in [0.05, 0.1) is 0 Å². The van der Waals surface area contributed by atoms with Crippen molar-refractivity contribution in [2.45, 2.75) is 46.5 Å². The van der Waals surface area contributed by atoms with Crippen LogP contribution in [0, 0.1) is 13.8 Å². The fraction of sp³-hybridized carbons (Fsp3) is 0.412. The van der Waals surface area contributed by atoms with Crippen LogP contribution >= 0.6 is 0 Å². The lowest BCUT2D eigenvalue weighted by atomic mass is 10.1. The van der Waals surface area contributed by atoms with E-state index in [1.807, 2.05) is 12.4 Å². The third-order valence-electron chi connectivity index (χ3n) is 3.25. The van der Waals surface area contributed by atoms with Gasteiger partial charge in [-0.05, 0) is 44.4 Å². The monoisotopic (exact) mass is 254 g/mol. The summed E-state index contributed by atoms with van der Waals surface area (Å²) in [7, 11) is 0. The van der Waals surface area contributed by atoms with Gasteiger partial charge in [0.2, 0.25) is 0 Å². The second-order valence-corrected chi connectivity index (χ2v) is 5.25. The van der Waals surface area contributed by atoms with Gasteiger partial charge in [-0.15, -0.1) is 0 Å². The van der Waals surface area contributed by atoms with Crippen LogP contribution in [0.1, 0.15) is 42.9 Å². The van der Waals surface area contributed by atoms with Gasteiger partial charge in [-0.1, -0.05) is 37.0 Å². The molecule has 0 N–H and O–H groups in total. The first-order valence-corrected chi connectivity index (χ1v) is 7.08. The van der Waals surface area contributed by atoms with Crippen LogP contribution in [0.25, 0.3) is 11.4 Å². The van der Waals surface area contributed by atoms with Crippen LogP contribution < -0.4 is 0 Å². The van der Waals surface area contributed by atoms with E-state index < -0.39 is 0 Å². The molecule has 0 amide bonds. The number of aromatic nitrogens is 2. The first kappa shape index (κ1) is 13.7. The zero-order valence-electron chi connectivity index (χ0n) is 12.1. The minimum Gasteiger partial charge on any atom is -0.236 e. The molecule has 0 spiro atoms. The van der Waals surface area contributed by atoms with E-state index in [4.69, 9.17) is 0 Å². The van der Waals surface area contributed by atoms with E-state index in [0.29, 0.717) is 0 Å². The van der Waals surface area contributed by atoms with Crippen molar-refractivity contribution >= 4 is 0 Å². The van der Waals surface area contributed by atoms with E-state index in [9.17, 15) is 0 Å². The number of nitrogens with zero attached hydrogens (tertiary/aromatic N) is 2. The Morgan fingerprint density at radius 2 is 1.53 bits per heavy atom. The van der Waals surface area contributed by atoms with Gasteiger partial charge >= 0.3 is 0 Å². The standard InChI is InChI=1S/C17H22N2/c1-4-5-6-7-15-11-18-17(19-12-15)16-9-13(2)8-14(3)10-16/h8-12H,4-7H2,1-3H3. The summed E-state index contributed by atoms with van der Waals surface area (Å²) in [5.74, 6) is 0.825. The second kappa shape index (κ2) is 6.46. The van der Waals surface area contributed by atoms with Gasteiger partial charge in [-0.3, -0.25) is 0 Å². The molecular formula is C17H22N2. The molecule has 0 aliphatic rings. The molecule has 19 heavy (non-hydrogen) atoms. The van der Waals surface area contributed by atoms with Gasteiger partial charge in [0.25, 0.3) is 0 Å². The van der Waals surface area contributed by atoms with Crippen molar-refractivity contribution in [1.29, 1.82) is 0 Å². The molecular weight excluding hydrogens is 232 g/mol. The van der Waals surface area contributed by atoms with Crippen molar-refractivity contribution in [2.75, 3.05) is 0 Å². The van der Waals surface area contributed by atoms with Gasteiger partial charge in [-0.2, -0.15) is 0 Å². The Balaban J connectivity index is 2.13. The summed E-state index contributed by atoms with van der Waals surface area (Å²) in [5, 5.41) is 0. The Morgan fingerprint density at radius 3 is 2.11 bits per heavy atom. The normalized spacial score (nSPS) is 10.7. The number of benzene rings is 1. The van der Waals surface area contributed by atoms with E-state index in [2.05, 4.69) is 48.9 Å². The predicted octanol–water partition coefficient (Wildman–Crippen LogP) is 4.49. The van der Waals surface area contributed by atoms with Crippen LogP contribution in [0.15, 0.2) is 30.6 Å². The number of hydrogen-bond donors (Lipinski definition) is 0. The van der Waals surface area contributed by atoms with Crippen LogP contribution in [-0.4, -0.2) is 9.97 Å². The Morgan fingerprint density at radius 1 is 0.895 bits per heavy atom. The minimum atomic E-state index is 0.825. The Hall–Kier alpha value is -1.70. The van der Waals surface area contributed by atoms with E-state index in [0.717, 1.165) is 17.8 Å². The average Bonchev–Trinajstić information content (AvgIpc) is 2.39. The topological polar surface area (TPSA) is 25.8 Å². The third-order valence-corrected chi connectivity index (χ3v) is 3.25. The van der Waals surface area contributed by atoms with Gasteiger partial charge in [0.1, 0.15) is 0 Å². The molecule has 0 saturated carbocycles. The molecule has 2 rings (SSSR count). The predicted molar refractivity (Wildman–Crippen MR) is 80.2 cm³/mol. The quantitative estimate of drug-likeness (QED) is 0.734. The van der Waals surface area contributed by atoms with Gasteiger partial charge < -0.3 is 0 Å². The minimum absolute atomic E-state index is 0.825. The average molecular weight is 254 g/mol. The SMILES string of the molecule is CCCCCc1cnc(-c2cc(C)cc(C)c2)nc1. The molecule has 2 heteroatoms. The molecule has 1 heterocycles. The lowest BCUT2D eigenvalue weighted by Crippen LogP contribution is -1.94. The highest BCUT2D eigenvalue weighted by Gasteiger charge is 2.03. The molecule has 2 aromatic rings. The largest absolute Gasteiger partial charge is 0.236 e. The van der Waals surface area contributed by atoms with Gasteiger partial charge in [0.15, 0.2) is 5.82 Å². The smallest absolute Gasteiger partial charge is 0.159 e. The van der Waals surface area contributed by atoms with Crippen molar-refractivity contribution in [3.05, 3.63) is 47.3 Å². The molecule has 0 bridgehead atoms. The summed E-state index contributed by atoms with van der Waals surface area (Å²) in [6.45, 7) is 6.44. The maximum Gasteiger partial charge on any atom is 0.159 e. The van der Waals surface area contributed by atoms with Crippen molar-refractivity contribution in [3.63, 3.8) is 0 Å². The summed E-state index contributed by atoms with van der Waals surface area (Å²) >= 11 is 0. The summed E-state index contributed by atoms with van der Waals surface area (Å²) in [4.78, 5) is 9.00. The van der Waals surface area contributed by atoms with Crippen molar-refractivity contribution in [1.82, 2.24) is 9.97 Å². The molecule has 0 unspecified atom stereocenters. The zero-order valence-corrected chi connectivity index (χ0v) is 12.1. The van der Waals surface area contributed by atoms with Crippen LogP contribution in [-0.2, 0) is 6.42 Å². The number of aryl methyl sites for hydroxylation is 3. The molecule has 0 aliphatic carbocycles. The Kier molecular flexibility index (Phi) is 4.67. The first-order chi connectivity index (χ1) is 9.19. The van der Waals surface area contributed by atoms with E-state index in [1.54, 1.807) is 0 Å². The fourth-order valence-electron chi connectivity index (χ4n) is 2.32. The second-order valence-electron chi connectivity index (χ2n) is 5.25. The first-order valence-electron chi connectivity index (χ1n) is 7.08. The van der Waals surface area contributed by atoms with Crippen LogP contribution in [0.5, 0.6) is 0 Å².